The van der Waals surface area contributed by atoms with Gasteiger partial charge in [0, 0.05) is 18.0 Å². The first-order valence-corrected chi connectivity index (χ1v) is 7.60. The third-order valence-electron chi connectivity index (χ3n) is 3.52. The van der Waals surface area contributed by atoms with E-state index in [0.717, 1.165) is 13.1 Å². The molecule has 2 rings (SSSR count). The van der Waals surface area contributed by atoms with Crippen molar-refractivity contribution in [3.63, 3.8) is 0 Å². The van der Waals surface area contributed by atoms with Gasteiger partial charge in [0.2, 0.25) is 0 Å². The Morgan fingerprint density at radius 3 is 2.89 bits per heavy atom. The van der Waals surface area contributed by atoms with E-state index in [1.165, 1.54) is 17.7 Å². The molecule has 1 aliphatic rings. The van der Waals surface area contributed by atoms with Crippen LogP contribution in [0, 0.1) is 0 Å². The molecule has 0 spiro atoms. The van der Waals surface area contributed by atoms with Crippen molar-refractivity contribution in [2.45, 2.75) is 38.0 Å². The summed E-state index contributed by atoms with van der Waals surface area (Å²) >= 11 is 1.83. The van der Waals surface area contributed by atoms with Gasteiger partial charge in [-0.3, -0.25) is 0 Å². The maximum atomic E-state index is 5.82. The third-order valence-corrected chi connectivity index (χ3v) is 4.50. The van der Waals surface area contributed by atoms with Crippen LogP contribution in [0.5, 0.6) is 0 Å². The minimum Gasteiger partial charge on any atom is -0.374 e. The Kier molecular flexibility index (Phi) is 5.18. The second-order valence-electron chi connectivity index (χ2n) is 5.30. The summed E-state index contributed by atoms with van der Waals surface area (Å²) in [4.78, 5) is 3.70. The maximum Gasteiger partial charge on any atom is 0.0704 e. The fourth-order valence-electron chi connectivity index (χ4n) is 2.43. The lowest BCUT2D eigenvalue weighted by molar-refractivity contribution is 0.0551. The van der Waals surface area contributed by atoms with Gasteiger partial charge in [-0.05, 0) is 45.3 Å². The first-order valence-electron chi connectivity index (χ1n) is 6.73. The van der Waals surface area contributed by atoms with Crippen molar-refractivity contribution in [1.29, 1.82) is 0 Å². The van der Waals surface area contributed by atoms with Crippen LogP contribution in [0.2, 0.25) is 0 Å². The smallest absolute Gasteiger partial charge is 0.0704 e. The van der Waals surface area contributed by atoms with Crippen molar-refractivity contribution in [3.05, 3.63) is 22.4 Å². The molecule has 3 nitrogen and oxygen atoms in total. The predicted octanol–water partition coefficient (Wildman–Crippen LogP) is 2.51. The van der Waals surface area contributed by atoms with Crippen molar-refractivity contribution in [1.82, 2.24) is 10.2 Å². The van der Waals surface area contributed by atoms with Gasteiger partial charge in [0.1, 0.15) is 0 Å². The summed E-state index contributed by atoms with van der Waals surface area (Å²) in [6.45, 7) is 4.12. The summed E-state index contributed by atoms with van der Waals surface area (Å²) in [5, 5.41) is 5.70. The Hall–Kier alpha value is -0.420. The largest absolute Gasteiger partial charge is 0.374 e. The number of nitrogens with zero attached hydrogens (tertiary/aromatic N) is 1. The van der Waals surface area contributed by atoms with E-state index in [9.17, 15) is 0 Å². The van der Waals surface area contributed by atoms with E-state index in [4.69, 9.17) is 4.74 Å². The molecule has 0 saturated carbocycles. The summed E-state index contributed by atoms with van der Waals surface area (Å²) in [6, 6.07) is 4.80. The van der Waals surface area contributed by atoms with E-state index in [1.807, 2.05) is 11.3 Å². The molecule has 0 bridgehead atoms. The molecule has 3 atom stereocenters. The molecule has 1 aromatic rings. The molecule has 1 saturated heterocycles. The first kappa shape index (κ1) is 14.0. The van der Waals surface area contributed by atoms with Gasteiger partial charge in [0.25, 0.3) is 0 Å². The van der Waals surface area contributed by atoms with Crippen LogP contribution < -0.4 is 5.32 Å². The number of likely N-dealkylation sites (N-methyl/N-ethyl adjacent to an activating group) is 1. The topological polar surface area (TPSA) is 24.5 Å². The van der Waals surface area contributed by atoms with Crippen LogP contribution in [-0.2, 0) is 4.74 Å². The Labute approximate surface area is 114 Å². The normalized spacial score (nSPS) is 25.8. The number of hydrogen-bond donors (Lipinski definition) is 1. The lowest BCUT2D eigenvalue weighted by atomic mass is 10.2. The van der Waals surface area contributed by atoms with Crippen LogP contribution in [0.4, 0.5) is 0 Å². The second-order valence-corrected chi connectivity index (χ2v) is 6.28. The van der Waals surface area contributed by atoms with Crippen molar-refractivity contribution in [2.75, 3.05) is 27.2 Å². The van der Waals surface area contributed by atoms with Crippen molar-refractivity contribution in [2.24, 2.45) is 0 Å². The number of nitrogens with one attached hydrogen (secondary N) is 1. The number of thiophene rings is 1. The molecule has 0 aromatic carbocycles. The highest BCUT2D eigenvalue weighted by atomic mass is 32.1. The molecule has 0 aliphatic carbocycles. The minimum atomic E-state index is 0.408. The van der Waals surface area contributed by atoms with Crippen LogP contribution in [0.1, 0.15) is 30.7 Å². The van der Waals surface area contributed by atoms with Gasteiger partial charge in [-0.1, -0.05) is 6.07 Å². The Balaban J connectivity index is 1.76. The lowest BCUT2D eigenvalue weighted by Gasteiger charge is -2.24. The summed E-state index contributed by atoms with van der Waals surface area (Å²) in [5.41, 5.74) is 0. The molecule has 1 aromatic heterocycles. The van der Waals surface area contributed by atoms with E-state index in [1.54, 1.807) is 0 Å². The zero-order chi connectivity index (χ0) is 13.0. The molecule has 18 heavy (non-hydrogen) atoms. The third kappa shape index (κ3) is 3.79. The molecule has 1 aliphatic heterocycles. The SMILES string of the molecule is CC1CCC(CNCC(c2cccs2)N(C)C)O1. The zero-order valence-electron chi connectivity index (χ0n) is 11.6. The Morgan fingerprint density at radius 2 is 2.33 bits per heavy atom. The maximum absolute atomic E-state index is 5.82. The molecule has 1 fully saturated rings. The quantitative estimate of drug-likeness (QED) is 0.858. The summed E-state index contributed by atoms with van der Waals surface area (Å²) in [5.74, 6) is 0. The lowest BCUT2D eigenvalue weighted by Crippen LogP contribution is -2.34. The number of rotatable bonds is 6. The molecule has 4 heteroatoms. The van der Waals surface area contributed by atoms with Gasteiger partial charge in [-0.2, -0.15) is 0 Å². The average molecular weight is 268 g/mol. The molecule has 3 unspecified atom stereocenters. The number of hydrogen-bond acceptors (Lipinski definition) is 4. The zero-order valence-corrected chi connectivity index (χ0v) is 12.4. The van der Waals surface area contributed by atoms with Crippen LogP contribution >= 0.6 is 11.3 Å². The molecule has 2 heterocycles. The number of ether oxygens (including phenoxy) is 1. The summed E-state index contributed by atoms with van der Waals surface area (Å²) in [6.07, 6.45) is 3.25. The van der Waals surface area contributed by atoms with Gasteiger partial charge in [-0.15, -0.1) is 11.3 Å². The Bertz CT molecular complexity index is 340. The fourth-order valence-corrected chi connectivity index (χ4v) is 3.36. The van der Waals surface area contributed by atoms with E-state index in [2.05, 4.69) is 48.7 Å². The highest BCUT2D eigenvalue weighted by molar-refractivity contribution is 7.10. The Morgan fingerprint density at radius 1 is 1.50 bits per heavy atom. The second kappa shape index (κ2) is 6.66. The van der Waals surface area contributed by atoms with E-state index in [0.29, 0.717) is 18.2 Å². The standard InChI is InChI=1S/C14H24N2OS/c1-11-6-7-12(17-11)9-15-10-13(16(2)3)14-5-4-8-18-14/h4-5,8,11-13,15H,6-7,9-10H2,1-3H3. The van der Waals surface area contributed by atoms with Gasteiger partial charge >= 0.3 is 0 Å². The highest BCUT2D eigenvalue weighted by Gasteiger charge is 2.22. The molecule has 0 amide bonds. The van der Waals surface area contributed by atoms with Crippen LogP contribution in [0.15, 0.2) is 17.5 Å². The van der Waals surface area contributed by atoms with Gasteiger partial charge in [0.05, 0.1) is 18.2 Å². The van der Waals surface area contributed by atoms with Crippen molar-refractivity contribution < 1.29 is 4.74 Å². The van der Waals surface area contributed by atoms with Crippen LogP contribution in [-0.4, -0.2) is 44.3 Å². The highest BCUT2D eigenvalue weighted by Crippen LogP contribution is 2.23. The monoisotopic (exact) mass is 268 g/mol. The van der Waals surface area contributed by atoms with Crippen molar-refractivity contribution in [3.8, 4) is 0 Å². The van der Waals surface area contributed by atoms with Gasteiger partial charge in [0.15, 0.2) is 0 Å². The van der Waals surface area contributed by atoms with E-state index in [-0.39, 0.29) is 0 Å². The average Bonchev–Trinajstić information content (AvgIpc) is 2.95. The molecular weight excluding hydrogens is 244 g/mol. The fraction of sp³-hybridized carbons (Fsp3) is 0.714. The molecule has 0 radical (unpaired) electrons. The molecule has 1 N–H and O–H groups in total. The first-order chi connectivity index (χ1) is 8.66. The van der Waals surface area contributed by atoms with Gasteiger partial charge < -0.3 is 15.0 Å². The molecule has 102 valence electrons. The summed E-state index contributed by atoms with van der Waals surface area (Å²) in [7, 11) is 4.28. The minimum absolute atomic E-state index is 0.408. The predicted molar refractivity (Wildman–Crippen MR) is 77.2 cm³/mol. The molecular formula is C14H24N2OS. The van der Waals surface area contributed by atoms with E-state index >= 15 is 0 Å². The summed E-state index contributed by atoms with van der Waals surface area (Å²) < 4.78 is 5.82. The van der Waals surface area contributed by atoms with Gasteiger partial charge in [-0.25, -0.2) is 0 Å². The van der Waals surface area contributed by atoms with Crippen molar-refractivity contribution >= 4 is 11.3 Å². The van der Waals surface area contributed by atoms with E-state index < -0.39 is 0 Å². The van der Waals surface area contributed by atoms with Crippen LogP contribution in [0.3, 0.4) is 0 Å². The van der Waals surface area contributed by atoms with Crippen LogP contribution in [0.25, 0.3) is 0 Å².